The summed E-state index contributed by atoms with van der Waals surface area (Å²) in [4.78, 5) is 9.26. The fourth-order valence-electron chi connectivity index (χ4n) is 6.59. The molecule has 3 heterocycles. The van der Waals surface area contributed by atoms with Crippen molar-refractivity contribution in [1.82, 2.24) is 9.97 Å². The van der Waals surface area contributed by atoms with E-state index in [0.717, 1.165) is 64.9 Å². The summed E-state index contributed by atoms with van der Waals surface area (Å²) in [6.07, 6.45) is 3.87. The van der Waals surface area contributed by atoms with E-state index in [2.05, 4.69) is 118 Å². The van der Waals surface area contributed by atoms with Crippen LogP contribution in [-0.2, 0) is 20.1 Å². The van der Waals surface area contributed by atoms with Crippen molar-refractivity contribution >= 4 is 49.2 Å². The predicted octanol–water partition coefficient (Wildman–Crippen LogP) is 13.3. The number of rotatable bonds is 6. The number of aromatic nitrogens is 2. The minimum atomic E-state index is -2.22. The number of nitrogens with zero attached hydrogens (tertiary/aromatic N) is 2. The molecule has 9 rings (SSSR count). The van der Waals surface area contributed by atoms with Crippen LogP contribution in [0.3, 0.4) is 0 Å². The molecule has 2 nitrogen and oxygen atoms in total. The van der Waals surface area contributed by atoms with Crippen LogP contribution in [0.15, 0.2) is 170 Å². The van der Waals surface area contributed by atoms with Crippen LogP contribution in [0.2, 0.25) is 17.3 Å². The number of hydrogen-bond acceptors (Lipinski definition) is 3. The van der Waals surface area contributed by atoms with E-state index in [4.69, 9.17) is 4.11 Å². The smallest absolute Gasteiger partial charge is 0 e. The molecule has 271 valence electrons. The first kappa shape index (κ1) is 34.5. The van der Waals surface area contributed by atoms with Gasteiger partial charge < -0.3 is 4.98 Å². The van der Waals surface area contributed by atoms with E-state index in [1.54, 1.807) is 11.3 Å². The standard InChI is InChI=1S/C30H20NS.C20H20GeN.Ir/c1-20-16-25(22-10-6-3-7-11-22)19-29-30(20)26-13-12-24(18-28(26)32-29)27-17-23(14-15-31-27)21-8-4-2-5-9-21;1-21(2,3)19-12-13-20(22-15-19)18-11-7-10-17(14-18)16-8-5-4-6-9-16;/h2-17,19H,1H3;4-10,12-15H,1-3H3;/q2*-1;/i1D3;;. The Morgan fingerprint density at radius 3 is 1.85 bits per heavy atom. The summed E-state index contributed by atoms with van der Waals surface area (Å²) in [7, 11) is 0. The Bertz CT molecular complexity index is 2800. The molecule has 0 aliphatic rings. The minimum Gasteiger partial charge on any atom is 0 e. The van der Waals surface area contributed by atoms with Crippen LogP contribution in [-0.4, -0.2) is 23.2 Å². The fourth-order valence-corrected chi connectivity index (χ4v) is 9.93. The topological polar surface area (TPSA) is 25.8 Å². The Morgan fingerprint density at radius 2 is 1.24 bits per heavy atom. The third-order valence-electron chi connectivity index (χ3n) is 9.56. The van der Waals surface area contributed by atoms with E-state index in [-0.39, 0.29) is 20.1 Å². The van der Waals surface area contributed by atoms with Crippen molar-refractivity contribution in [3.63, 3.8) is 0 Å². The first-order valence-electron chi connectivity index (χ1n) is 19.6. The molecule has 0 bridgehead atoms. The van der Waals surface area contributed by atoms with Crippen LogP contribution in [0.1, 0.15) is 9.68 Å². The molecule has 1 radical (unpaired) electrons. The summed E-state index contributed by atoms with van der Waals surface area (Å²) in [6.45, 7) is -2.22. The van der Waals surface area contributed by atoms with Crippen molar-refractivity contribution in [3.05, 3.63) is 188 Å². The molecule has 0 saturated carbocycles. The molecular formula is C50H40GeIrN2S-2. The predicted molar refractivity (Wildman–Crippen MR) is 234 cm³/mol. The molecule has 0 N–H and O–H groups in total. The van der Waals surface area contributed by atoms with Gasteiger partial charge in [0.05, 0.1) is 0 Å². The molecule has 9 aromatic rings. The summed E-state index contributed by atoms with van der Waals surface area (Å²) in [5, 5.41) is 1.71. The van der Waals surface area contributed by atoms with Gasteiger partial charge >= 0.3 is 135 Å². The van der Waals surface area contributed by atoms with Crippen molar-refractivity contribution < 1.29 is 24.2 Å². The van der Waals surface area contributed by atoms with Crippen molar-refractivity contribution in [1.29, 1.82) is 0 Å². The van der Waals surface area contributed by atoms with Gasteiger partial charge in [-0.1, -0.05) is 83.7 Å². The van der Waals surface area contributed by atoms with Gasteiger partial charge in [-0.05, 0) is 57.0 Å². The molecule has 55 heavy (non-hydrogen) atoms. The molecule has 0 amide bonds. The van der Waals surface area contributed by atoms with Gasteiger partial charge in [0.15, 0.2) is 0 Å². The molecule has 0 aliphatic heterocycles. The van der Waals surface area contributed by atoms with Gasteiger partial charge in [0.2, 0.25) is 0 Å². The van der Waals surface area contributed by atoms with E-state index < -0.39 is 20.1 Å². The molecule has 0 unspecified atom stereocenters. The van der Waals surface area contributed by atoms with Gasteiger partial charge in [0, 0.05) is 35.1 Å². The van der Waals surface area contributed by atoms with Crippen molar-refractivity contribution in [2.24, 2.45) is 0 Å². The molecular weight excluding hydrogens is 925 g/mol. The number of thiophene rings is 1. The van der Waals surface area contributed by atoms with Gasteiger partial charge in [-0.3, -0.25) is 0 Å². The zero-order chi connectivity index (χ0) is 39.6. The fraction of sp³-hybridized carbons (Fsp3) is 0.0800. The molecule has 0 atom stereocenters. The first-order valence-corrected chi connectivity index (χ1v) is 26.2. The molecule has 0 aliphatic carbocycles. The van der Waals surface area contributed by atoms with Gasteiger partial charge in [-0.25, -0.2) is 0 Å². The number of hydrogen-bond donors (Lipinski definition) is 0. The molecule has 6 aromatic carbocycles. The minimum absolute atomic E-state index is 0. The zero-order valence-corrected chi connectivity index (χ0v) is 36.1. The third kappa shape index (κ3) is 8.64. The van der Waals surface area contributed by atoms with Gasteiger partial charge in [0.25, 0.3) is 0 Å². The second-order valence-electron chi connectivity index (χ2n) is 14.3. The SMILES string of the molecule is [2H]C([2H])([2H])c1cc(-c2ccccc2)cc2sc3[c-]c(-c4cc(-c5ccccc5)ccn4)ccc3c12.[CH3][Ge]([CH3])([CH3])[c]1ccc(-c2[c-]ccc(-c3ccccc3)c2)nc1.[Ir]. The molecule has 0 fully saturated rings. The van der Waals surface area contributed by atoms with Crippen LogP contribution < -0.4 is 4.40 Å². The number of pyridine rings is 2. The second kappa shape index (κ2) is 16.8. The van der Waals surface area contributed by atoms with Crippen LogP contribution in [0.25, 0.3) is 76.1 Å². The van der Waals surface area contributed by atoms with E-state index in [1.807, 2.05) is 91.1 Å². The number of aryl methyl sites for hydroxylation is 1. The molecule has 3 aromatic heterocycles. The van der Waals surface area contributed by atoms with Crippen LogP contribution in [0.5, 0.6) is 0 Å². The van der Waals surface area contributed by atoms with Gasteiger partial charge in [-0.2, -0.15) is 11.3 Å². The van der Waals surface area contributed by atoms with Gasteiger partial charge in [0.1, 0.15) is 0 Å². The average Bonchev–Trinajstić information content (AvgIpc) is 3.62. The average molecular weight is 969 g/mol. The summed E-state index contributed by atoms with van der Waals surface area (Å²) in [6, 6.07) is 60.0. The maximum atomic E-state index is 8.23. The maximum Gasteiger partial charge on any atom is 0 e. The van der Waals surface area contributed by atoms with Crippen LogP contribution >= 0.6 is 11.3 Å². The Hall–Kier alpha value is -4.97. The van der Waals surface area contributed by atoms with Crippen molar-refractivity contribution in [2.75, 3.05) is 0 Å². The van der Waals surface area contributed by atoms with Crippen LogP contribution in [0, 0.1) is 19.0 Å². The Balaban J connectivity index is 0.000000192. The van der Waals surface area contributed by atoms with Crippen molar-refractivity contribution in [2.45, 2.75) is 24.1 Å². The number of fused-ring (bicyclic) bond motifs is 3. The normalized spacial score (nSPS) is 12.2. The molecule has 5 heteroatoms. The maximum absolute atomic E-state index is 8.23. The van der Waals surface area contributed by atoms with E-state index >= 15 is 0 Å². The Labute approximate surface area is 348 Å². The number of benzene rings is 6. The van der Waals surface area contributed by atoms with Gasteiger partial charge in [-0.15, -0.1) is 23.8 Å². The Kier molecular flexibility index (Phi) is 10.5. The van der Waals surface area contributed by atoms with Crippen LogP contribution in [0.4, 0.5) is 0 Å². The molecule has 0 saturated heterocycles. The summed E-state index contributed by atoms with van der Waals surface area (Å²) in [5.74, 6) is 7.16. The quantitative estimate of drug-likeness (QED) is 0.123. The summed E-state index contributed by atoms with van der Waals surface area (Å²) in [5.41, 5.74) is 10.7. The monoisotopic (exact) mass is 970 g/mol. The Morgan fingerprint density at radius 1 is 0.582 bits per heavy atom. The first-order chi connectivity index (χ1) is 27.5. The van der Waals surface area contributed by atoms with E-state index in [0.29, 0.717) is 5.56 Å². The van der Waals surface area contributed by atoms with E-state index in [9.17, 15) is 0 Å². The molecule has 0 spiro atoms. The zero-order valence-electron chi connectivity index (χ0n) is 33.8. The van der Waals surface area contributed by atoms with E-state index in [1.165, 1.54) is 15.5 Å². The second-order valence-corrected chi connectivity index (χ2v) is 26.0. The largest absolute Gasteiger partial charge is 0 e. The third-order valence-corrected chi connectivity index (χ3v) is 14.9. The van der Waals surface area contributed by atoms with Crippen molar-refractivity contribution in [3.8, 4) is 55.9 Å². The summed E-state index contributed by atoms with van der Waals surface area (Å²) < 4.78 is 28.0. The summed E-state index contributed by atoms with van der Waals surface area (Å²) >= 11 is -0.213.